The molecule has 0 unspecified atom stereocenters. The van der Waals surface area contributed by atoms with Gasteiger partial charge in [0.05, 0.1) is 6.04 Å². The Morgan fingerprint density at radius 3 is 2.75 bits per heavy atom. The monoisotopic (exact) mass is 519 g/mol. The largest absolute Gasteiger partial charge is 0.503 e. The number of aldehydes is 1. The number of benzene rings is 1. The van der Waals surface area contributed by atoms with Gasteiger partial charge >= 0.3 is 0 Å². The second-order valence-electron chi connectivity index (χ2n) is 9.38. The van der Waals surface area contributed by atoms with Crippen molar-refractivity contribution in [2.45, 2.75) is 45.2 Å². The van der Waals surface area contributed by atoms with Crippen LogP contribution in [0.5, 0.6) is 5.75 Å². The van der Waals surface area contributed by atoms with E-state index in [2.05, 4.69) is 23.2 Å². The second kappa shape index (κ2) is 10.4. The van der Waals surface area contributed by atoms with Gasteiger partial charge in [0, 0.05) is 37.6 Å². The number of hydrogen-bond acceptors (Lipinski definition) is 5. The molecule has 3 atom stereocenters. The molecule has 0 spiro atoms. The lowest BCUT2D eigenvalue weighted by molar-refractivity contribution is 0.0946. The Kier molecular flexibility index (Phi) is 7.49. The van der Waals surface area contributed by atoms with Gasteiger partial charge in [-0.25, -0.2) is 8.78 Å². The highest BCUT2D eigenvalue weighted by Crippen LogP contribution is 2.53. The van der Waals surface area contributed by atoms with Crippen LogP contribution in [0.25, 0.3) is 0 Å². The van der Waals surface area contributed by atoms with Crippen LogP contribution in [0.3, 0.4) is 0 Å². The Morgan fingerprint density at radius 1 is 1.36 bits per heavy atom. The molecule has 1 fully saturated rings. The summed E-state index contributed by atoms with van der Waals surface area (Å²) in [4.78, 5) is 39.9. The fourth-order valence-corrected chi connectivity index (χ4v) is 5.27. The van der Waals surface area contributed by atoms with Crippen LogP contribution in [-0.2, 0) is 6.54 Å². The molecule has 1 aliphatic carbocycles. The number of hydrogen-bond donors (Lipinski definition) is 2. The lowest BCUT2D eigenvalue weighted by atomic mass is 10.0. The number of allylic oxidation sites excluding steroid dienone is 1. The number of nitrogens with zero attached hydrogens (tertiary/aromatic N) is 2. The normalized spacial score (nSPS) is 19.7. The maximum absolute atomic E-state index is 14.3. The number of amides is 1. The molecule has 10 heteroatoms. The number of likely N-dealkylation sites (N-methyl/N-ethyl adjacent to an activating group) is 1. The SMILES string of the molecule is CCC[C@H]1C[C@H]1[C@H](C1=CCCN1C)n1cc(C(=O)NCc2ccc(F)c(Cl)c2F)c(=O)c(O)c1C=O. The Balaban J connectivity index is 1.71. The van der Waals surface area contributed by atoms with Crippen LogP contribution in [0.2, 0.25) is 5.02 Å². The van der Waals surface area contributed by atoms with Crippen molar-refractivity contribution in [3.8, 4) is 5.75 Å². The summed E-state index contributed by atoms with van der Waals surface area (Å²) in [5.74, 6) is -3.01. The zero-order valence-corrected chi connectivity index (χ0v) is 20.8. The van der Waals surface area contributed by atoms with Gasteiger partial charge in [0.15, 0.2) is 12.0 Å². The summed E-state index contributed by atoms with van der Waals surface area (Å²) in [5, 5.41) is 12.4. The van der Waals surface area contributed by atoms with E-state index in [1.807, 2.05) is 7.05 Å². The predicted molar refractivity (Wildman–Crippen MR) is 131 cm³/mol. The van der Waals surface area contributed by atoms with Crippen LogP contribution in [0, 0.1) is 23.5 Å². The third kappa shape index (κ3) is 4.76. The first kappa shape index (κ1) is 25.9. The van der Waals surface area contributed by atoms with E-state index in [-0.39, 0.29) is 35.3 Å². The zero-order valence-electron chi connectivity index (χ0n) is 20.1. The van der Waals surface area contributed by atoms with Gasteiger partial charge in [-0.15, -0.1) is 0 Å². The van der Waals surface area contributed by atoms with Crippen LogP contribution in [0.15, 0.2) is 34.9 Å². The Labute approximate surface area is 212 Å². The minimum Gasteiger partial charge on any atom is -0.503 e. The number of rotatable bonds is 9. The molecule has 1 aromatic heterocycles. The van der Waals surface area contributed by atoms with Gasteiger partial charge in [0.25, 0.3) is 5.91 Å². The van der Waals surface area contributed by atoms with Crippen molar-refractivity contribution < 1.29 is 23.5 Å². The zero-order chi connectivity index (χ0) is 26.1. The lowest BCUT2D eigenvalue weighted by Gasteiger charge is -2.30. The highest BCUT2D eigenvalue weighted by molar-refractivity contribution is 6.30. The van der Waals surface area contributed by atoms with Crippen molar-refractivity contribution in [1.82, 2.24) is 14.8 Å². The van der Waals surface area contributed by atoms with E-state index in [1.165, 1.54) is 10.8 Å². The fourth-order valence-electron chi connectivity index (χ4n) is 5.08. The first-order chi connectivity index (χ1) is 17.2. The number of nitrogens with one attached hydrogen (secondary N) is 1. The minimum absolute atomic E-state index is 0.0696. The number of pyridine rings is 1. The van der Waals surface area contributed by atoms with Crippen molar-refractivity contribution in [2.24, 2.45) is 11.8 Å². The van der Waals surface area contributed by atoms with Gasteiger partial charge in [-0.1, -0.05) is 43.5 Å². The molecular formula is C26H28ClF2N3O4. The highest BCUT2D eigenvalue weighted by atomic mass is 35.5. The fraction of sp³-hybridized carbons (Fsp3) is 0.423. The smallest absolute Gasteiger partial charge is 0.257 e. The summed E-state index contributed by atoms with van der Waals surface area (Å²) >= 11 is 5.60. The standard InChI is InChI=1S/C26H28ClF2N3O4/c1-3-5-14-10-16(14)23(19-6-4-9-31(19)2)32-12-17(24(34)25(35)20(32)13-33)26(36)30-11-15-7-8-18(28)21(27)22(15)29/h6-8,12-14,16,23,35H,3-5,9-11H2,1-2H3,(H,30,36)/t14-,16+,23+/m0/s1. The molecule has 2 heterocycles. The molecule has 192 valence electrons. The van der Waals surface area contributed by atoms with E-state index in [0.29, 0.717) is 12.2 Å². The van der Waals surface area contributed by atoms with E-state index in [9.17, 15) is 28.3 Å². The van der Waals surface area contributed by atoms with E-state index >= 15 is 0 Å². The molecular weight excluding hydrogens is 492 g/mol. The van der Waals surface area contributed by atoms with Crippen LogP contribution in [-0.4, -0.2) is 40.4 Å². The molecule has 4 rings (SSSR count). The van der Waals surface area contributed by atoms with E-state index in [1.54, 1.807) is 0 Å². The number of aromatic nitrogens is 1. The number of carbonyl (C=O) groups is 2. The third-order valence-corrected chi connectivity index (χ3v) is 7.41. The van der Waals surface area contributed by atoms with Crippen molar-refractivity contribution in [2.75, 3.05) is 13.6 Å². The van der Waals surface area contributed by atoms with Gasteiger partial charge in [-0.05, 0) is 30.7 Å². The highest BCUT2D eigenvalue weighted by Gasteiger charge is 2.46. The Morgan fingerprint density at radius 2 is 2.11 bits per heavy atom. The lowest BCUT2D eigenvalue weighted by Crippen LogP contribution is -2.33. The average molecular weight is 520 g/mol. The average Bonchev–Trinajstić information content (AvgIpc) is 3.48. The maximum atomic E-state index is 14.3. The van der Waals surface area contributed by atoms with E-state index < -0.39 is 33.7 Å². The van der Waals surface area contributed by atoms with Crippen LogP contribution in [0.1, 0.15) is 65.1 Å². The van der Waals surface area contributed by atoms with Crippen LogP contribution >= 0.6 is 11.6 Å². The molecule has 0 radical (unpaired) electrons. The summed E-state index contributed by atoms with van der Waals surface area (Å²) in [7, 11) is 1.95. The molecule has 1 saturated carbocycles. The van der Waals surface area contributed by atoms with E-state index in [4.69, 9.17) is 11.6 Å². The predicted octanol–water partition coefficient (Wildman–Crippen LogP) is 4.42. The molecule has 2 aromatic rings. The molecule has 0 bridgehead atoms. The van der Waals surface area contributed by atoms with Gasteiger partial charge in [-0.3, -0.25) is 14.4 Å². The summed E-state index contributed by atoms with van der Waals surface area (Å²) in [6.07, 6.45) is 7.59. The molecule has 2 aliphatic rings. The first-order valence-corrected chi connectivity index (χ1v) is 12.3. The Hall–Kier alpha value is -3.20. The second-order valence-corrected chi connectivity index (χ2v) is 9.76. The quantitative estimate of drug-likeness (QED) is 0.378. The van der Waals surface area contributed by atoms with E-state index in [0.717, 1.165) is 50.1 Å². The molecule has 0 saturated heterocycles. The van der Waals surface area contributed by atoms with Crippen molar-refractivity contribution in [3.63, 3.8) is 0 Å². The van der Waals surface area contributed by atoms with Gasteiger partial charge in [0.2, 0.25) is 5.43 Å². The molecule has 7 nitrogen and oxygen atoms in total. The van der Waals surface area contributed by atoms with Crippen molar-refractivity contribution in [3.05, 3.63) is 73.8 Å². The summed E-state index contributed by atoms with van der Waals surface area (Å²) in [5.41, 5.74) is -0.678. The molecule has 36 heavy (non-hydrogen) atoms. The Bertz CT molecular complexity index is 1290. The summed E-state index contributed by atoms with van der Waals surface area (Å²) in [6, 6.07) is 1.78. The molecule has 2 N–H and O–H groups in total. The van der Waals surface area contributed by atoms with Crippen molar-refractivity contribution >= 4 is 23.8 Å². The topological polar surface area (TPSA) is 91.6 Å². The molecule has 1 aromatic carbocycles. The van der Waals surface area contributed by atoms with Gasteiger partial charge in [-0.2, -0.15) is 0 Å². The number of carbonyl (C=O) groups excluding carboxylic acids is 2. The van der Waals surface area contributed by atoms with Crippen molar-refractivity contribution in [1.29, 1.82) is 0 Å². The van der Waals surface area contributed by atoms with Gasteiger partial charge in [0.1, 0.15) is 27.9 Å². The third-order valence-electron chi connectivity index (χ3n) is 7.06. The van der Waals surface area contributed by atoms with Gasteiger partial charge < -0.3 is 19.9 Å². The summed E-state index contributed by atoms with van der Waals surface area (Å²) < 4.78 is 29.2. The van der Waals surface area contributed by atoms with Crippen LogP contribution < -0.4 is 10.7 Å². The molecule has 1 amide bonds. The minimum atomic E-state index is -1.01. The molecule has 1 aliphatic heterocycles. The first-order valence-electron chi connectivity index (χ1n) is 11.9. The van der Waals surface area contributed by atoms with Crippen LogP contribution in [0.4, 0.5) is 8.78 Å². The summed E-state index contributed by atoms with van der Waals surface area (Å²) in [6.45, 7) is 2.55. The number of halogens is 3. The maximum Gasteiger partial charge on any atom is 0.257 e. The number of aromatic hydroxyl groups is 1.